The Bertz CT molecular complexity index is 1290. The predicted molar refractivity (Wildman–Crippen MR) is 129 cm³/mol. The summed E-state index contributed by atoms with van der Waals surface area (Å²) in [5.41, 5.74) is 3.33. The Morgan fingerprint density at radius 1 is 1.09 bits per heavy atom. The molecule has 33 heavy (non-hydrogen) atoms. The van der Waals surface area contributed by atoms with Gasteiger partial charge < -0.3 is 9.84 Å². The van der Waals surface area contributed by atoms with Gasteiger partial charge in [-0.2, -0.15) is 0 Å². The van der Waals surface area contributed by atoms with Crippen LogP contribution in [0.3, 0.4) is 0 Å². The average Bonchev–Trinajstić information content (AvgIpc) is 3.29. The molecule has 1 aromatic heterocycles. The van der Waals surface area contributed by atoms with Crippen molar-refractivity contribution in [1.29, 1.82) is 0 Å². The van der Waals surface area contributed by atoms with Gasteiger partial charge in [-0.25, -0.2) is 9.37 Å². The van der Waals surface area contributed by atoms with Gasteiger partial charge in [-0.3, -0.25) is 4.79 Å². The highest BCUT2D eigenvalue weighted by Gasteiger charge is 2.12. The van der Waals surface area contributed by atoms with Gasteiger partial charge >= 0.3 is 5.97 Å². The van der Waals surface area contributed by atoms with E-state index in [2.05, 4.69) is 4.98 Å². The Morgan fingerprint density at radius 2 is 1.85 bits per heavy atom. The summed E-state index contributed by atoms with van der Waals surface area (Å²) in [7, 11) is 0. The van der Waals surface area contributed by atoms with Crippen molar-refractivity contribution >= 4 is 34.5 Å². The minimum absolute atomic E-state index is 0.107. The molecule has 0 amide bonds. The molecule has 1 N–H and O–H groups in total. The monoisotopic (exact) mass is 479 g/mol. The number of aliphatic carboxylic acids is 1. The Balaban J connectivity index is 1.59. The molecule has 0 aliphatic heterocycles. The molecule has 1 heterocycles. The Kier molecular flexibility index (Phi) is 7.17. The second kappa shape index (κ2) is 10.4. The van der Waals surface area contributed by atoms with E-state index in [0.717, 1.165) is 26.6 Å². The molecule has 0 fully saturated rings. The topological polar surface area (TPSA) is 59.4 Å². The van der Waals surface area contributed by atoms with Crippen LogP contribution >= 0.6 is 22.9 Å². The van der Waals surface area contributed by atoms with Crippen LogP contribution in [0.15, 0.2) is 85.1 Å². The molecule has 3 aromatic carbocycles. The van der Waals surface area contributed by atoms with Gasteiger partial charge in [-0.15, -0.1) is 11.3 Å². The zero-order valence-electron chi connectivity index (χ0n) is 17.4. The molecule has 0 aliphatic rings. The van der Waals surface area contributed by atoms with Gasteiger partial charge in [0.1, 0.15) is 23.2 Å². The zero-order valence-corrected chi connectivity index (χ0v) is 18.9. The van der Waals surface area contributed by atoms with Crippen LogP contribution in [0.2, 0.25) is 5.02 Å². The van der Waals surface area contributed by atoms with Crippen LogP contribution in [0, 0.1) is 5.82 Å². The Labute approximate surface area is 199 Å². The summed E-state index contributed by atoms with van der Waals surface area (Å²) >= 11 is 7.80. The fraction of sp³-hybridized carbons (Fsp3) is 0.0769. The predicted octanol–water partition coefficient (Wildman–Crippen LogP) is 6.74. The van der Waals surface area contributed by atoms with Crippen LogP contribution in [-0.2, 0) is 11.2 Å². The number of carbonyl (C=O) groups is 1. The maximum absolute atomic E-state index is 13.5. The fourth-order valence-corrected chi connectivity index (χ4v) is 4.51. The summed E-state index contributed by atoms with van der Waals surface area (Å²) in [6.07, 6.45) is 3.59. The minimum Gasteiger partial charge on any atom is -0.488 e. The van der Waals surface area contributed by atoms with Gasteiger partial charge in [0, 0.05) is 11.8 Å². The number of hydrogen-bond acceptors (Lipinski definition) is 4. The third-order valence-electron chi connectivity index (χ3n) is 4.83. The molecule has 7 heteroatoms. The molecular weight excluding hydrogens is 461 g/mol. The number of thiazole rings is 1. The third kappa shape index (κ3) is 5.86. The van der Waals surface area contributed by atoms with Crippen LogP contribution < -0.4 is 4.74 Å². The van der Waals surface area contributed by atoms with Crippen molar-refractivity contribution in [2.45, 2.75) is 6.42 Å². The van der Waals surface area contributed by atoms with Crippen molar-refractivity contribution in [2.24, 2.45) is 0 Å². The number of nitrogens with zero attached hydrogens (tertiary/aromatic N) is 1. The fourth-order valence-electron chi connectivity index (χ4n) is 3.26. The van der Waals surface area contributed by atoms with E-state index >= 15 is 0 Å². The Morgan fingerprint density at radius 3 is 2.55 bits per heavy atom. The molecule has 166 valence electrons. The van der Waals surface area contributed by atoms with Gasteiger partial charge in [-0.1, -0.05) is 60.1 Å². The number of rotatable bonds is 8. The van der Waals surface area contributed by atoms with E-state index < -0.39 is 5.97 Å². The first-order chi connectivity index (χ1) is 16.0. The van der Waals surface area contributed by atoms with Gasteiger partial charge in [0.15, 0.2) is 0 Å². The van der Waals surface area contributed by atoms with Crippen molar-refractivity contribution in [3.63, 3.8) is 0 Å². The molecule has 0 bridgehead atoms. The van der Waals surface area contributed by atoms with Crippen LogP contribution in [0.4, 0.5) is 4.39 Å². The third-order valence-corrected chi connectivity index (χ3v) is 6.20. The molecule has 0 aliphatic carbocycles. The first-order valence-corrected chi connectivity index (χ1v) is 11.3. The standard InChI is InChI=1S/C26H19ClFNO3S/c27-22-14-17(15-25(30)31)6-11-23(22)32-13-12-21(18-7-9-20(28)10-8-18)24-16-29-26(33-24)19-4-2-1-3-5-19/h1-12,14,16H,13,15H2,(H,30,31)/b21-12-. The Hall–Kier alpha value is -3.48. The summed E-state index contributed by atoms with van der Waals surface area (Å²) in [5.74, 6) is -0.780. The molecule has 0 unspecified atom stereocenters. The van der Waals surface area contributed by atoms with Crippen molar-refractivity contribution < 1.29 is 19.0 Å². The molecule has 0 spiro atoms. The molecule has 0 saturated heterocycles. The van der Waals surface area contributed by atoms with E-state index in [4.69, 9.17) is 21.4 Å². The second-order valence-electron chi connectivity index (χ2n) is 7.17. The molecule has 0 saturated carbocycles. The maximum atomic E-state index is 13.5. The zero-order chi connectivity index (χ0) is 23.2. The lowest BCUT2D eigenvalue weighted by molar-refractivity contribution is -0.136. The van der Waals surface area contributed by atoms with Gasteiger partial charge in [0.25, 0.3) is 0 Å². The molecule has 4 nitrogen and oxygen atoms in total. The lowest BCUT2D eigenvalue weighted by Crippen LogP contribution is -2.01. The van der Waals surface area contributed by atoms with Gasteiger partial charge in [-0.05, 0) is 47.0 Å². The second-order valence-corrected chi connectivity index (χ2v) is 8.60. The lowest BCUT2D eigenvalue weighted by atomic mass is 10.0. The van der Waals surface area contributed by atoms with Crippen molar-refractivity contribution in [3.8, 4) is 16.3 Å². The summed E-state index contributed by atoms with van der Waals surface area (Å²) in [6.45, 7) is 0.212. The average molecular weight is 480 g/mol. The van der Waals surface area contributed by atoms with E-state index in [1.165, 1.54) is 23.5 Å². The summed E-state index contributed by atoms with van der Waals surface area (Å²) < 4.78 is 19.3. The van der Waals surface area contributed by atoms with Crippen LogP contribution in [0.25, 0.3) is 16.1 Å². The first kappa shape index (κ1) is 22.7. The molecule has 0 radical (unpaired) electrons. The van der Waals surface area contributed by atoms with Crippen molar-refractivity contribution in [2.75, 3.05) is 6.61 Å². The highest BCUT2D eigenvalue weighted by atomic mass is 35.5. The molecule has 4 rings (SSSR count). The minimum atomic E-state index is -0.925. The summed E-state index contributed by atoms with van der Waals surface area (Å²) in [5, 5.41) is 10.2. The van der Waals surface area contributed by atoms with E-state index in [0.29, 0.717) is 16.3 Å². The van der Waals surface area contributed by atoms with Crippen LogP contribution in [-0.4, -0.2) is 22.7 Å². The van der Waals surface area contributed by atoms with Gasteiger partial charge in [0.2, 0.25) is 0 Å². The molecule has 0 atom stereocenters. The number of aromatic nitrogens is 1. The van der Waals surface area contributed by atoms with Crippen molar-refractivity contribution in [1.82, 2.24) is 4.98 Å². The highest BCUT2D eigenvalue weighted by molar-refractivity contribution is 7.16. The summed E-state index contributed by atoms with van der Waals surface area (Å²) in [4.78, 5) is 16.4. The summed E-state index contributed by atoms with van der Waals surface area (Å²) in [6, 6.07) is 21.1. The largest absolute Gasteiger partial charge is 0.488 e. The van der Waals surface area contributed by atoms with Crippen LogP contribution in [0.5, 0.6) is 5.75 Å². The van der Waals surface area contributed by atoms with Gasteiger partial charge in [0.05, 0.1) is 16.3 Å². The van der Waals surface area contributed by atoms with E-state index in [1.54, 1.807) is 36.5 Å². The number of carboxylic acids is 1. The lowest BCUT2D eigenvalue weighted by Gasteiger charge is -2.09. The quantitative estimate of drug-likeness (QED) is 0.304. The van der Waals surface area contributed by atoms with Crippen LogP contribution in [0.1, 0.15) is 16.0 Å². The number of carboxylic acid groups (broad SMARTS) is 1. The number of hydrogen-bond donors (Lipinski definition) is 1. The van der Waals surface area contributed by atoms with E-state index in [-0.39, 0.29) is 18.8 Å². The molecular formula is C26H19ClFNO3S. The normalized spacial score (nSPS) is 11.4. The maximum Gasteiger partial charge on any atom is 0.307 e. The smallest absolute Gasteiger partial charge is 0.307 e. The number of halogens is 2. The highest BCUT2D eigenvalue weighted by Crippen LogP contribution is 2.33. The molecule has 4 aromatic rings. The SMILES string of the molecule is O=C(O)Cc1ccc(OC/C=C(/c2ccc(F)cc2)c2cnc(-c3ccccc3)s2)c(Cl)c1. The number of benzene rings is 3. The van der Waals surface area contributed by atoms with E-state index in [1.807, 2.05) is 36.4 Å². The van der Waals surface area contributed by atoms with E-state index in [9.17, 15) is 9.18 Å². The first-order valence-electron chi connectivity index (χ1n) is 10.1. The van der Waals surface area contributed by atoms with Crippen molar-refractivity contribution in [3.05, 3.63) is 112 Å². The number of ether oxygens (including phenoxy) is 1.